The zero-order chi connectivity index (χ0) is 21.3. The highest BCUT2D eigenvalue weighted by Crippen LogP contribution is 2.40. The van der Waals surface area contributed by atoms with Crippen LogP contribution in [0.15, 0.2) is 60.2 Å². The number of hydrogen-bond acceptors (Lipinski definition) is 4. The van der Waals surface area contributed by atoms with Crippen LogP contribution in [0.1, 0.15) is 55.3 Å². The second-order valence-electron chi connectivity index (χ2n) is 8.27. The van der Waals surface area contributed by atoms with Gasteiger partial charge >= 0.3 is 0 Å². The molecule has 2 aromatic carbocycles. The van der Waals surface area contributed by atoms with Crippen LogP contribution >= 0.6 is 0 Å². The number of carbonyl (C=O) groups is 2. The van der Waals surface area contributed by atoms with Gasteiger partial charge in [-0.3, -0.25) is 9.59 Å². The third kappa shape index (κ3) is 3.77. The minimum atomic E-state index is -0.646. The number of Topliss-reactive ketones (excluding diaryl/α,β-unsaturated/α-hetero) is 1. The van der Waals surface area contributed by atoms with Gasteiger partial charge in [-0.25, -0.2) is 0 Å². The topological polar surface area (TPSA) is 66.8 Å². The van der Waals surface area contributed by atoms with Crippen molar-refractivity contribution in [2.75, 3.05) is 13.2 Å². The lowest BCUT2D eigenvalue weighted by Crippen LogP contribution is -2.36. The molecule has 2 fully saturated rings. The van der Waals surface area contributed by atoms with Crippen molar-refractivity contribution < 1.29 is 19.4 Å². The van der Waals surface area contributed by atoms with Gasteiger partial charge < -0.3 is 14.7 Å². The fourth-order valence-corrected chi connectivity index (χ4v) is 4.24. The monoisotopic (exact) mass is 405 g/mol. The minimum absolute atomic E-state index is 0.0857. The zero-order valence-corrected chi connectivity index (χ0v) is 17.4. The summed E-state index contributed by atoms with van der Waals surface area (Å²) in [7, 11) is 0. The van der Waals surface area contributed by atoms with E-state index in [4.69, 9.17) is 4.74 Å². The molecule has 0 spiro atoms. The van der Waals surface area contributed by atoms with Crippen LogP contribution in [0, 0.1) is 0 Å². The molecule has 0 unspecified atom stereocenters. The number of aliphatic hydroxyl groups is 1. The Kier molecular flexibility index (Phi) is 5.73. The molecule has 0 saturated carbocycles. The fraction of sp³-hybridized carbons (Fsp3) is 0.360. The van der Waals surface area contributed by atoms with E-state index in [0.717, 1.165) is 18.4 Å². The van der Waals surface area contributed by atoms with Crippen molar-refractivity contribution in [3.05, 3.63) is 76.9 Å². The van der Waals surface area contributed by atoms with Crippen molar-refractivity contribution in [2.24, 2.45) is 0 Å². The molecule has 5 nitrogen and oxygen atoms in total. The summed E-state index contributed by atoms with van der Waals surface area (Å²) in [6, 6.07) is 16.2. The predicted molar refractivity (Wildman–Crippen MR) is 115 cm³/mol. The SMILES string of the molecule is CC(C)c1ccc([C@@H]2/C(=C(\O)c3ccccc3)C(=O)C(=O)N2C[C@H]2CCCO2)cc1. The van der Waals surface area contributed by atoms with Gasteiger partial charge in [-0.2, -0.15) is 0 Å². The van der Waals surface area contributed by atoms with Gasteiger partial charge in [-0.15, -0.1) is 0 Å². The molecular formula is C25H27NO4. The Bertz CT molecular complexity index is 956. The van der Waals surface area contributed by atoms with E-state index in [1.165, 1.54) is 5.56 Å². The number of nitrogens with zero attached hydrogens (tertiary/aromatic N) is 1. The van der Waals surface area contributed by atoms with E-state index in [1.54, 1.807) is 29.2 Å². The van der Waals surface area contributed by atoms with Crippen molar-refractivity contribution in [3.8, 4) is 0 Å². The standard InChI is InChI=1S/C25H27NO4/c1-16(2)17-10-12-18(13-11-17)22-21(23(27)19-7-4-3-5-8-19)24(28)25(29)26(22)15-20-9-6-14-30-20/h3-5,7-8,10-13,16,20,22,27H,6,9,14-15H2,1-2H3/b23-21+/t20-,22-/m1/s1. The average Bonchev–Trinajstić information content (AvgIpc) is 3.36. The first-order chi connectivity index (χ1) is 14.5. The highest BCUT2D eigenvalue weighted by Gasteiger charge is 2.47. The molecule has 1 amide bonds. The van der Waals surface area contributed by atoms with Crippen LogP contribution in [-0.2, 0) is 14.3 Å². The van der Waals surface area contributed by atoms with Crippen LogP contribution in [0.5, 0.6) is 0 Å². The first-order valence-corrected chi connectivity index (χ1v) is 10.5. The Morgan fingerprint density at radius 1 is 1.10 bits per heavy atom. The summed E-state index contributed by atoms with van der Waals surface area (Å²) < 4.78 is 5.73. The van der Waals surface area contributed by atoms with Gasteiger partial charge in [0.15, 0.2) is 0 Å². The number of carbonyl (C=O) groups excluding carboxylic acids is 2. The summed E-state index contributed by atoms with van der Waals surface area (Å²) in [6.45, 7) is 5.25. The number of likely N-dealkylation sites (tertiary alicyclic amines) is 1. The van der Waals surface area contributed by atoms with E-state index in [2.05, 4.69) is 13.8 Å². The number of hydrogen-bond donors (Lipinski definition) is 1. The lowest BCUT2D eigenvalue weighted by atomic mass is 9.93. The molecular weight excluding hydrogens is 378 g/mol. The molecule has 5 heteroatoms. The van der Waals surface area contributed by atoms with Crippen LogP contribution in [-0.4, -0.2) is 41.0 Å². The van der Waals surface area contributed by atoms with Gasteiger partial charge in [0.2, 0.25) is 0 Å². The Labute approximate surface area is 177 Å². The Hall–Kier alpha value is -2.92. The lowest BCUT2D eigenvalue weighted by Gasteiger charge is -2.27. The third-order valence-electron chi connectivity index (χ3n) is 5.93. The zero-order valence-electron chi connectivity index (χ0n) is 17.4. The summed E-state index contributed by atoms with van der Waals surface area (Å²) in [6.07, 6.45) is 1.73. The third-order valence-corrected chi connectivity index (χ3v) is 5.93. The second-order valence-corrected chi connectivity index (χ2v) is 8.27. The normalized spacial score (nSPS) is 23.5. The van der Waals surface area contributed by atoms with Crippen molar-refractivity contribution in [2.45, 2.75) is 44.8 Å². The number of ketones is 1. The predicted octanol–water partition coefficient (Wildman–Crippen LogP) is 4.41. The Morgan fingerprint density at radius 3 is 2.40 bits per heavy atom. The maximum absolute atomic E-state index is 13.0. The van der Waals surface area contributed by atoms with Gasteiger partial charge in [0.05, 0.1) is 17.7 Å². The fourth-order valence-electron chi connectivity index (χ4n) is 4.24. The van der Waals surface area contributed by atoms with Crippen molar-refractivity contribution in [1.82, 2.24) is 4.90 Å². The summed E-state index contributed by atoms with van der Waals surface area (Å²) in [4.78, 5) is 27.6. The summed E-state index contributed by atoms with van der Waals surface area (Å²) in [5.74, 6) is -0.989. The molecule has 30 heavy (non-hydrogen) atoms. The largest absolute Gasteiger partial charge is 0.507 e. The van der Waals surface area contributed by atoms with E-state index in [-0.39, 0.29) is 17.4 Å². The van der Waals surface area contributed by atoms with E-state index in [1.807, 2.05) is 30.3 Å². The highest BCUT2D eigenvalue weighted by molar-refractivity contribution is 6.46. The van der Waals surface area contributed by atoms with E-state index in [9.17, 15) is 14.7 Å². The lowest BCUT2D eigenvalue weighted by molar-refractivity contribution is -0.140. The van der Waals surface area contributed by atoms with E-state index in [0.29, 0.717) is 24.6 Å². The minimum Gasteiger partial charge on any atom is -0.507 e. The molecule has 2 heterocycles. The molecule has 4 rings (SSSR count). The average molecular weight is 405 g/mol. The molecule has 2 saturated heterocycles. The van der Waals surface area contributed by atoms with Gasteiger partial charge in [0.1, 0.15) is 5.76 Å². The van der Waals surface area contributed by atoms with Crippen LogP contribution in [0.4, 0.5) is 0 Å². The second kappa shape index (κ2) is 8.44. The van der Waals surface area contributed by atoms with Gasteiger partial charge in [0, 0.05) is 18.7 Å². The molecule has 2 aliphatic rings. The highest BCUT2D eigenvalue weighted by atomic mass is 16.5. The molecule has 0 aromatic heterocycles. The number of aliphatic hydroxyl groups excluding tert-OH is 1. The van der Waals surface area contributed by atoms with Crippen molar-refractivity contribution in [1.29, 1.82) is 0 Å². The Balaban J connectivity index is 1.80. The smallest absolute Gasteiger partial charge is 0.295 e. The Morgan fingerprint density at radius 2 is 1.80 bits per heavy atom. The van der Waals surface area contributed by atoms with Crippen LogP contribution in [0.25, 0.3) is 5.76 Å². The number of amides is 1. The van der Waals surface area contributed by atoms with Gasteiger partial charge in [-0.05, 0) is 29.9 Å². The first-order valence-electron chi connectivity index (χ1n) is 10.5. The number of ether oxygens (including phenoxy) is 1. The number of benzene rings is 2. The molecule has 156 valence electrons. The molecule has 2 aromatic rings. The molecule has 0 radical (unpaired) electrons. The van der Waals surface area contributed by atoms with Crippen LogP contribution in [0.2, 0.25) is 0 Å². The summed E-state index contributed by atoms with van der Waals surface area (Å²) in [5, 5.41) is 11.0. The summed E-state index contributed by atoms with van der Waals surface area (Å²) >= 11 is 0. The van der Waals surface area contributed by atoms with Crippen LogP contribution < -0.4 is 0 Å². The molecule has 0 aliphatic carbocycles. The first kappa shape index (κ1) is 20.4. The molecule has 0 bridgehead atoms. The van der Waals surface area contributed by atoms with Crippen molar-refractivity contribution >= 4 is 17.4 Å². The van der Waals surface area contributed by atoms with Crippen LogP contribution in [0.3, 0.4) is 0 Å². The summed E-state index contributed by atoms with van der Waals surface area (Å²) in [5.41, 5.74) is 2.66. The van der Waals surface area contributed by atoms with E-state index < -0.39 is 17.7 Å². The maximum Gasteiger partial charge on any atom is 0.295 e. The molecule has 2 atom stereocenters. The number of rotatable bonds is 5. The van der Waals surface area contributed by atoms with Crippen molar-refractivity contribution in [3.63, 3.8) is 0 Å². The molecule has 1 N–H and O–H groups in total. The van der Waals surface area contributed by atoms with Gasteiger partial charge in [-0.1, -0.05) is 68.4 Å². The molecule has 2 aliphatic heterocycles. The van der Waals surface area contributed by atoms with Gasteiger partial charge in [0.25, 0.3) is 11.7 Å². The quantitative estimate of drug-likeness (QED) is 0.455. The maximum atomic E-state index is 13.0. The van der Waals surface area contributed by atoms with E-state index >= 15 is 0 Å².